The van der Waals surface area contributed by atoms with Crippen LogP contribution in [0.1, 0.15) is 5.69 Å². The van der Waals surface area contributed by atoms with Gasteiger partial charge in [-0.3, -0.25) is 0 Å². The molecule has 2 aromatic rings. The largest absolute Gasteiger partial charge is 0.497 e. The summed E-state index contributed by atoms with van der Waals surface area (Å²) >= 11 is 0. The van der Waals surface area contributed by atoms with E-state index in [1.807, 2.05) is 0 Å². The maximum absolute atomic E-state index is 12.4. The molecule has 0 aliphatic heterocycles. The van der Waals surface area contributed by atoms with Crippen molar-refractivity contribution in [3.63, 3.8) is 0 Å². The Morgan fingerprint density at radius 1 is 1.15 bits per heavy atom. The lowest BCUT2D eigenvalue weighted by atomic mass is 10.2. The van der Waals surface area contributed by atoms with E-state index in [1.54, 1.807) is 12.1 Å². The van der Waals surface area contributed by atoms with E-state index in [1.165, 1.54) is 19.2 Å². The summed E-state index contributed by atoms with van der Waals surface area (Å²) in [5.74, 6) is -3.49. The summed E-state index contributed by atoms with van der Waals surface area (Å²) in [5, 5.41) is 24.7. The summed E-state index contributed by atoms with van der Waals surface area (Å²) in [4.78, 5) is 0. The van der Waals surface area contributed by atoms with Crippen LogP contribution in [-0.4, -0.2) is 38.5 Å². The molecule has 0 radical (unpaired) electrons. The van der Waals surface area contributed by atoms with E-state index in [0.29, 0.717) is 11.4 Å². The van der Waals surface area contributed by atoms with Crippen LogP contribution in [0.5, 0.6) is 5.75 Å². The summed E-state index contributed by atoms with van der Waals surface area (Å²) in [7, 11) is 1.47. The number of aliphatic hydroxyl groups is 2. The molecule has 0 saturated heterocycles. The van der Waals surface area contributed by atoms with Crippen LogP contribution in [0.2, 0.25) is 0 Å². The van der Waals surface area contributed by atoms with E-state index in [0.717, 1.165) is 10.9 Å². The van der Waals surface area contributed by atoms with Crippen molar-refractivity contribution < 1.29 is 28.1 Å². The average molecular weight is 289 g/mol. The number of ether oxygens (including phenoxy) is 1. The van der Waals surface area contributed by atoms with E-state index in [-0.39, 0.29) is 0 Å². The van der Waals surface area contributed by atoms with Gasteiger partial charge in [-0.1, -0.05) is 5.21 Å². The number of methoxy groups -OCH3 is 1. The average Bonchev–Trinajstić information content (AvgIpc) is 2.87. The number of nitrogens with zero attached hydrogens (tertiary/aromatic N) is 3. The molecule has 2 rings (SSSR count). The lowest BCUT2D eigenvalue weighted by Crippen LogP contribution is -2.42. The van der Waals surface area contributed by atoms with Gasteiger partial charge in [0.2, 0.25) is 0 Å². The Hall–Kier alpha value is -2.13. The van der Waals surface area contributed by atoms with Gasteiger partial charge < -0.3 is 14.9 Å². The van der Waals surface area contributed by atoms with Gasteiger partial charge in [-0.2, -0.15) is 13.2 Å². The molecule has 108 valence electrons. The standard InChI is InChI=1S/C11H10F3N3O3/c1-20-8-4-2-7(3-5-8)17-6-9(15-16-17)10(18,19)11(12,13)14/h2-6,18-19H,1H3. The number of hydrogen-bond acceptors (Lipinski definition) is 5. The Labute approximate surface area is 111 Å². The van der Waals surface area contributed by atoms with Crippen LogP contribution in [0.25, 0.3) is 5.69 Å². The summed E-state index contributed by atoms with van der Waals surface area (Å²) in [5.41, 5.74) is -0.622. The highest BCUT2D eigenvalue weighted by atomic mass is 19.4. The predicted molar refractivity (Wildman–Crippen MR) is 60.1 cm³/mol. The molecule has 0 amide bonds. The van der Waals surface area contributed by atoms with E-state index in [9.17, 15) is 13.2 Å². The molecule has 20 heavy (non-hydrogen) atoms. The van der Waals surface area contributed by atoms with E-state index in [2.05, 4.69) is 10.3 Å². The van der Waals surface area contributed by atoms with Gasteiger partial charge in [-0.25, -0.2) is 4.68 Å². The van der Waals surface area contributed by atoms with Crippen LogP contribution in [0.3, 0.4) is 0 Å². The zero-order valence-corrected chi connectivity index (χ0v) is 10.2. The quantitative estimate of drug-likeness (QED) is 0.823. The summed E-state index contributed by atoms with van der Waals surface area (Å²) < 4.78 is 43.2. The van der Waals surface area contributed by atoms with Crippen molar-refractivity contribution in [3.05, 3.63) is 36.2 Å². The minimum atomic E-state index is -5.27. The molecular weight excluding hydrogens is 279 g/mol. The molecule has 0 aliphatic rings. The highest BCUT2D eigenvalue weighted by molar-refractivity contribution is 5.36. The fraction of sp³-hybridized carbons (Fsp3) is 0.273. The molecule has 6 nitrogen and oxygen atoms in total. The van der Waals surface area contributed by atoms with Crippen LogP contribution in [0.4, 0.5) is 13.2 Å². The van der Waals surface area contributed by atoms with Gasteiger partial charge in [0.25, 0.3) is 0 Å². The summed E-state index contributed by atoms with van der Waals surface area (Å²) in [6.07, 6.45) is -4.48. The van der Waals surface area contributed by atoms with Gasteiger partial charge in [-0.15, -0.1) is 5.10 Å². The minimum Gasteiger partial charge on any atom is -0.497 e. The molecular formula is C11H10F3N3O3. The predicted octanol–water partition coefficient (Wildman–Crippen LogP) is 0.976. The van der Waals surface area contributed by atoms with Gasteiger partial charge in [0, 0.05) is 0 Å². The van der Waals surface area contributed by atoms with Gasteiger partial charge in [0.05, 0.1) is 19.0 Å². The monoisotopic (exact) mass is 289 g/mol. The van der Waals surface area contributed by atoms with Crippen molar-refractivity contribution in [2.75, 3.05) is 7.11 Å². The molecule has 0 bridgehead atoms. The Bertz CT molecular complexity index is 593. The van der Waals surface area contributed by atoms with Crippen LogP contribution >= 0.6 is 0 Å². The third-order valence-corrected chi connectivity index (χ3v) is 2.58. The molecule has 0 unspecified atom stereocenters. The second-order valence-electron chi connectivity index (χ2n) is 3.92. The topological polar surface area (TPSA) is 80.4 Å². The smallest absolute Gasteiger partial charge is 0.449 e. The highest BCUT2D eigenvalue weighted by Crippen LogP contribution is 2.35. The number of aromatic nitrogens is 3. The number of halogens is 3. The molecule has 0 saturated carbocycles. The zero-order chi connectivity index (χ0) is 15.0. The molecule has 1 aromatic carbocycles. The highest BCUT2D eigenvalue weighted by Gasteiger charge is 2.56. The molecule has 1 aromatic heterocycles. The van der Waals surface area contributed by atoms with Crippen LogP contribution in [0.15, 0.2) is 30.5 Å². The van der Waals surface area contributed by atoms with Crippen molar-refractivity contribution in [3.8, 4) is 11.4 Å². The number of hydrogen-bond donors (Lipinski definition) is 2. The number of benzene rings is 1. The minimum absolute atomic E-state index is 0.391. The second kappa shape index (κ2) is 4.76. The number of rotatable bonds is 3. The Balaban J connectivity index is 2.33. The second-order valence-corrected chi connectivity index (χ2v) is 3.92. The van der Waals surface area contributed by atoms with Gasteiger partial charge >= 0.3 is 12.0 Å². The van der Waals surface area contributed by atoms with E-state index >= 15 is 0 Å². The van der Waals surface area contributed by atoms with Crippen LogP contribution < -0.4 is 4.74 Å². The van der Waals surface area contributed by atoms with Crippen LogP contribution in [-0.2, 0) is 5.79 Å². The van der Waals surface area contributed by atoms with E-state index < -0.39 is 17.7 Å². The Morgan fingerprint density at radius 2 is 1.75 bits per heavy atom. The number of alkyl halides is 3. The fourth-order valence-electron chi connectivity index (χ4n) is 1.43. The van der Waals surface area contributed by atoms with Crippen molar-refractivity contribution in [1.82, 2.24) is 15.0 Å². The first kappa shape index (κ1) is 14.3. The van der Waals surface area contributed by atoms with Crippen molar-refractivity contribution in [2.45, 2.75) is 12.0 Å². The molecule has 0 spiro atoms. The zero-order valence-electron chi connectivity index (χ0n) is 10.2. The van der Waals surface area contributed by atoms with Gasteiger partial charge in [-0.05, 0) is 24.3 Å². The molecule has 0 fully saturated rings. The first-order valence-electron chi connectivity index (χ1n) is 5.34. The molecule has 1 heterocycles. The lowest BCUT2D eigenvalue weighted by Gasteiger charge is -2.21. The van der Waals surface area contributed by atoms with E-state index in [4.69, 9.17) is 14.9 Å². The van der Waals surface area contributed by atoms with Crippen molar-refractivity contribution in [1.29, 1.82) is 0 Å². The Kier molecular flexibility index (Phi) is 3.40. The fourth-order valence-corrected chi connectivity index (χ4v) is 1.43. The van der Waals surface area contributed by atoms with Crippen LogP contribution in [0, 0.1) is 0 Å². The summed E-state index contributed by atoms with van der Waals surface area (Å²) in [6.45, 7) is 0. The maximum Gasteiger partial charge on any atom is 0.449 e. The van der Waals surface area contributed by atoms with Gasteiger partial charge in [0.1, 0.15) is 5.75 Å². The molecule has 0 atom stereocenters. The normalized spacial score (nSPS) is 12.5. The van der Waals surface area contributed by atoms with Crippen molar-refractivity contribution >= 4 is 0 Å². The third-order valence-electron chi connectivity index (χ3n) is 2.58. The molecule has 2 N–H and O–H groups in total. The Morgan fingerprint density at radius 3 is 2.25 bits per heavy atom. The first-order valence-corrected chi connectivity index (χ1v) is 5.34. The maximum atomic E-state index is 12.4. The summed E-state index contributed by atoms with van der Waals surface area (Å²) in [6, 6.07) is 6.21. The molecule has 0 aliphatic carbocycles. The molecule has 9 heteroatoms. The van der Waals surface area contributed by atoms with Gasteiger partial charge in [0.15, 0.2) is 5.69 Å². The lowest BCUT2D eigenvalue weighted by molar-refractivity contribution is -0.360. The first-order chi connectivity index (χ1) is 9.25. The SMILES string of the molecule is COc1ccc(-n2cc(C(O)(O)C(F)(F)F)nn2)cc1. The third kappa shape index (κ3) is 2.45. The van der Waals surface area contributed by atoms with Crippen molar-refractivity contribution in [2.24, 2.45) is 0 Å².